The van der Waals surface area contributed by atoms with E-state index in [-0.39, 0.29) is 16.8 Å². The number of nitro groups is 1. The van der Waals surface area contributed by atoms with Crippen LogP contribution in [0.1, 0.15) is 17.4 Å². The highest BCUT2D eigenvalue weighted by molar-refractivity contribution is 6.52. The summed E-state index contributed by atoms with van der Waals surface area (Å²) in [5, 5.41) is 23.7. The van der Waals surface area contributed by atoms with Crippen molar-refractivity contribution in [2.24, 2.45) is 0 Å². The Morgan fingerprint density at radius 1 is 0.939 bits per heavy atom. The predicted molar refractivity (Wildman–Crippen MR) is 121 cm³/mol. The van der Waals surface area contributed by atoms with E-state index in [2.05, 4.69) is 0 Å². The van der Waals surface area contributed by atoms with Gasteiger partial charge < -0.3 is 9.52 Å². The summed E-state index contributed by atoms with van der Waals surface area (Å²) in [6, 6.07) is 20.2. The number of furan rings is 1. The van der Waals surface area contributed by atoms with Crippen molar-refractivity contribution in [1.29, 1.82) is 0 Å². The van der Waals surface area contributed by atoms with E-state index in [4.69, 9.17) is 4.42 Å². The van der Waals surface area contributed by atoms with Crippen LogP contribution < -0.4 is 4.90 Å². The Balaban J connectivity index is 1.72. The lowest BCUT2D eigenvalue weighted by atomic mass is 9.98. The second kappa shape index (κ2) is 7.76. The topological polar surface area (TPSA) is 114 Å². The molecule has 1 aliphatic rings. The first kappa shape index (κ1) is 20.2. The first-order chi connectivity index (χ1) is 16.0. The van der Waals surface area contributed by atoms with Crippen molar-refractivity contribution in [1.82, 2.24) is 0 Å². The van der Waals surface area contributed by atoms with Gasteiger partial charge in [0.05, 0.1) is 22.4 Å². The first-order valence-electron chi connectivity index (χ1n) is 10.0. The molecule has 4 aromatic rings. The number of carbonyl (C=O) groups is 2. The number of aliphatic hydroxyl groups is 1. The summed E-state index contributed by atoms with van der Waals surface area (Å²) in [5.74, 6) is -1.82. The molecule has 1 aromatic heterocycles. The number of rotatable bonds is 4. The van der Waals surface area contributed by atoms with Crippen LogP contribution in [0.3, 0.4) is 0 Å². The highest BCUT2D eigenvalue weighted by Gasteiger charge is 2.48. The van der Waals surface area contributed by atoms with E-state index in [9.17, 15) is 24.8 Å². The molecule has 5 rings (SSSR count). The van der Waals surface area contributed by atoms with Gasteiger partial charge >= 0.3 is 0 Å². The number of Topliss-reactive ketones (excluding diaryl/α,β-unsaturated/α-hetero) is 1. The minimum Gasteiger partial charge on any atom is -0.507 e. The summed E-state index contributed by atoms with van der Waals surface area (Å²) >= 11 is 0. The zero-order valence-corrected chi connectivity index (χ0v) is 17.0. The van der Waals surface area contributed by atoms with Crippen molar-refractivity contribution < 1.29 is 24.0 Å². The van der Waals surface area contributed by atoms with Gasteiger partial charge in [0.15, 0.2) is 0 Å². The maximum Gasteiger partial charge on any atom is 0.300 e. The molecule has 3 aromatic carbocycles. The SMILES string of the molecule is O=C1C(=O)N(c2cccc3ccccc23)C(c2ccco2)/C1=C(/O)c1ccc([N+](=O)[O-])cc1. The van der Waals surface area contributed by atoms with Crippen LogP contribution in [-0.2, 0) is 9.59 Å². The summed E-state index contributed by atoms with van der Waals surface area (Å²) in [4.78, 5) is 38.1. The Morgan fingerprint density at radius 2 is 1.67 bits per heavy atom. The van der Waals surface area contributed by atoms with Gasteiger partial charge in [0.2, 0.25) is 0 Å². The van der Waals surface area contributed by atoms with E-state index < -0.39 is 28.4 Å². The fourth-order valence-electron chi connectivity index (χ4n) is 4.11. The van der Waals surface area contributed by atoms with Gasteiger partial charge in [-0.25, -0.2) is 0 Å². The average Bonchev–Trinajstić information content (AvgIpc) is 3.45. The number of nitro benzene ring substituents is 1. The lowest BCUT2D eigenvalue weighted by molar-refractivity contribution is -0.384. The van der Waals surface area contributed by atoms with Crippen LogP contribution in [0, 0.1) is 10.1 Å². The highest BCUT2D eigenvalue weighted by Crippen LogP contribution is 2.44. The number of nitrogens with zero attached hydrogens (tertiary/aromatic N) is 2. The van der Waals surface area contributed by atoms with Crippen LogP contribution in [0.25, 0.3) is 16.5 Å². The number of fused-ring (bicyclic) bond motifs is 1. The molecular weight excluding hydrogens is 424 g/mol. The fourth-order valence-corrected chi connectivity index (χ4v) is 4.11. The smallest absolute Gasteiger partial charge is 0.300 e. The Morgan fingerprint density at radius 3 is 2.36 bits per heavy atom. The Labute approximate surface area is 187 Å². The molecule has 1 fully saturated rings. The summed E-state index contributed by atoms with van der Waals surface area (Å²) < 4.78 is 5.56. The number of aliphatic hydroxyl groups excluding tert-OH is 1. The molecule has 0 aliphatic carbocycles. The molecular formula is C25H16N2O6. The minimum atomic E-state index is -1.01. The van der Waals surface area contributed by atoms with Crippen LogP contribution in [-0.4, -0.2) is 21.7 Å². The molecule has 0 spiro atoms. The van der Waals surface area contributed by atoms with E-state index >= 15 is 0 Å². The Hall–Kier alpha value is -4.72. The number of benzene rings is 3. The molecule has 0 bridgehead atoms. The molecule has 1 aliphatic heterocycles. The van der Waals surface area contributed by atoms with Gasteiger partial charge in [-0.1, -0.05) is 36.4 Å². The second-order valence-corrected chi connectivity index (χ2v) is 7.49. The molecule has 1 atom stereocenters. The number of hydrogen-bond acceptors (Lipinski definition) is 6. The van der Waals surface area contributed by atoms with Crippen molar-refractivity contribution in [3.8, 4) is 0 Å². The summed E-state index contributed by atoms with van der Waals surface area (Å²) in [6.45, 7) is 0. The molecule has 162 valence electrons. The molecule has 8 nitrogen and oxygen atoms in total. The van der Waals surface area contributed by atoms with E-state index in [1.165, 1.54) is 35.4 Å². The van der Waals surface area contributed by atoms with Gasteiger partial charge in [-0.2, -0.15) is 0 Å². The molecule has 1 saturated heterocycles. The normalized spacial score (nSPS) is 17.6. The molecule has 8 heteroatoms. The average molecular weight is 440 g/mol. The summed E-state index contributed by atoms with van der Waals surface area (Å²) in [5.41, 5.74) is 0.356. The van der Waals surface area contributed by atoms with Crippen molar-refractivity contribution in [2.45, 2.75) is 6.04 Å². The van der Waals surface area contributed by atoms with Gasteiger partial charge in [-0.15, -0.1) is 0 Å². The van der Waals surface area contributed by atoms with Gasteiger partial charge in [0, 0.05) is 23.1 Å². The van der Waals surface area contributed by atoms with Gasteiger partial charge in [0.1, 0.15) is 17.6 Å². The predicted octanol–water partition coefficient (Wildman–Crippen LogP) is 4.97. The van der Waals surface area contributed by atoms with E-state index in [0.29, 0.717) is 11.4 Å². The molecule has 1 N–H and O–H groups in total. The third-order valence-corrected chi connectivity index (χ3v) is 5.63. The number of carbonyl (C=O) groups excluding carboxylic acids is 2. The van der Waals surface area contributed by atoms with Crippen molar-refractivity contribution in [3.63, 3.8) is 0 Å². The van der Waals surface area contributed by atoms with E-state index in [0.717, 1.165) is 10.8 Å². The lowest BCUT2D eigenvalue weighted by Crippen LogP contribution is -2.29. The largest absolute Gasteiger partial charge is 0.507 e. The highest BCUT2D eigenvalue weighted by atomic mass is 16.6. The summed E-state index contributed by atoms with van der Waals surface area (Å²) in [7, 11) is 0. The zero-order chi connectivity index (χ0) is 23.1. The maximum absolute atomic E-state index is 13.2. The quantitative estimate of drug-likeness (QED) is 0.158. The van der Waals surface area contributed by atoms with Crippen molar-refractivity contribution >= 4 is 39.6 Å². The monoisotopic (exact) mass is 440 g/mol. The van der Waals surface area contributed by atoms with E-state index in [1.54, 1.807) is 24.3 Å². The lowest BCUT2D eigenvalue weighted by Gasteiger charge is -2.24. The van der Waals surface area contributed by atoms with Crippen LogP contribution in [0.2, 0.25) is 0 Å². The molecule has 0 saturated carbocycles. The van der Waals surface area contributed by atoms with Gasteiger partial charge in [-0.3, -0.25) is 24.6 Å². The standard InChI is InChI=1S/C25H16N2O6/c28-23(16-10-12-17(13-11-16)27(31)32)21-22(20-9-4-14-33-20)26(25(30)24(21)29)19-8-3-6-15-5-1-2-7-18(15)19/h1-14,22,28H/b23-21-. The van der Waals surface area contributed by atoms with Crippen molar-refractivity contribution in [3.05, 3.63) is 112 Å². The molecule has 1 amide bonds. The number of hydrogen-bond donors (Lipinski definition) is 1. The summed E-state index contributed by atoms with van der Waals surface area (Å²) in [6.07, 6.45) is 1.42. The second-order valence-electron chi connectivity index (χ2n) is 7.49. The zero-order valence-electron chi connectivity index (χ0n) is 17.0. The molecule has 0 radical (unpaired) electrons. The van der Waals surface area contributed by atoms with Gasteiger partial charge in [0.25, 0.3) is 17.4 Å². The molecule has 2 heterocycles. The van der Waals surface area contributed by atoms with Crippen molar-refractivity contribution in [2.75, 3.05) is 4.90 Å². The maximum atomic E-state index is 13.2. The number of amides is 1. The van der Waals surface area contributed by atoms with E-state index in [1.807, 2.05) is 30.3 Å². The minimum absolute atomic E-state index is 0.156. The molecule has 33 heavy (non-hydrogen) atoms. The number of ketones is 1. The first-order valence-corrected chi connectivity index (χ1v) is 10.0. The fraction of sp³-hybridized carbons (Fsp3) is 0.0400. The van der Waals surface area contributed by atoms with Crippen LogP contribution >= 0.6 is 0 Å². The van der Waals surface area contributed by atoms with Crippen LogP contribution in [0.4, 0.5) is 11.4 Å². The third-order valence-electron chi connectivity index (χ3n) is 5.63. The van der Waals surface area contributed by atoms with Crippen LogP contribution in [0.5, 0.6) is 0 Å². The third kappa shape index (κ3) is 3.25. The number of anilines is 1. The Kier molecular flexibility index (Phi) is 4.75. The number of non-ortho nitro benzene ring substituents is 1. The van der Waals surface area contributed by atoms with Gasteiger partial charge in [-0.05, 0) is 35.7 Å². The Bertz CT molecular complexity index is 1430. The molecule has 1 unspecified atom stereocenters. The van der Waals surface area contributed by atoms with Crippen LogP contribution in [0.15, 0.2) is 95.1 Å².